The summed E-state index contributed by atoms with van der Waals surface area (Å²) in [6.07, 6.45) is 0.765. The van der Waals surface area contributed by atoms with Gasteiger partial charge < -0.3 is 5.11 Å². The minimum absolute atomic E-state index is 0.127. The molecule has 1 fully saturated rings. The molecule has 1 heterocycles. The molecule has 98 valence electrons. The maximum atomic E-state index is 11.1. The van der Waals surface area contributed by atoms with Crippen molar-refractivity contribution in [3.05, 3.63) is 34.9 Å². The van der Waals surface area contributed by atoms with E-state index in [9.17, 15) is 4.79 Å². The van der Waals surface area contributed by atoms with Crippen LogP contribution in [0.25, 0.3) is 0 Å². The molecule has 0 saturated carbocycles. The van der Waals surface area contributed by atoms with Crippen LogP contribution in [0.5, 0.6) is 0 Å². The van der Waals surface area contributed by atoms with Crippen molar-refractivity contribution in [2.75, 3.05) is 6.54 Å². The highest BCUT2D eigenvalue weighted by molar-refractivity contribution is 5.71. The van der Waals surface area contributed by atoms with Gasteiger partial charge in [-0.1, -0.05) is 18.2 Å². The van der Waals surface area contributed by atoms with Gasteiger partial charge in [-0.25, -0.2) is 0 Å². The van der Waals surface area contributed by atoms with E-state index in [-0.39, 0.29) is 12.0 Å². The number of carboxylic acids is 1. The molecule has 0 radical (unpaired) electrons. The molecule has 1 saturated heterocycles. The first-order chi connectivity index (χ1) is 8.50. The lowest BCUT2D eigenvalue weighted by atomic mass is 10.0. The monoisotopic (exact) mass is 247 g/mol. The van der Waals surface area contributed by atoms with Gasteiger partial charge in [0.25, 0.3) is 0 Å². The Bertz CT molecular complexity index is 456. The molecule has 0 spiro atoms. The van der Waals surface area contributed by atoms with Gasteiger partial charge >= 0.3 is 5.97 Å². The Labute approximate surface area is 108 Å². The number of benzene rings is 1. The van der Waals surface area contributed by atoms with Crippen molar-refractivity contribution in [2.24, 2.45) is 5.92 Å². The highest BCUT2D eigenvalue weighted by Crippen LogP contribution is 2.27. The number of aliphatic carboxylic acids is 1. The maximum absolute atomic E-state index is 11.1. The molecule has 0 amide bonds. The second kappa shape index (κ2) is 5.11. The number of rotatable bonds is 3. The quantitative estimate of drug-likeness (QED) is 0.892. The number of likely N-dealkylation sites (tertiary alicyclic amines) is 1. The largest absolute Gasteiger partial charge is 0.481 e. The zero-order valence-electron chi connectivity index (χ0n) is 11.3. The van der Waals surface area contributed by atoms with Crippen LogP contribution in [-0.4, -0.2) is 28.6 Å². The maximum Gasteiger partial charge on any atom is 0.308 e. The highest BCUT2D eigenvalue weighted by Gasteiger charge is 2.35. The number of aryl methyl sites for hydroxylation is 1. The van der Waals surface area contributed by atoms with Crippen molar-refractivity contribution in [2.45, 2.75) is 39.8 Å². The molecule has 2 unspecified atom stereocenters. The second-order valence-electron chi connectivity index (χ2n) is 5.30. The molecule has 3 heteroatoms. The first kappa shape index (κ1) is 13.1. The lowest BCUT2D eigenvalue weighted by Crippen LogP contribution is -2.32. The standard InChI is InChI=1S/C15H21NO2/c1-10-5-4-6-13(11(10)2)9-16-8-7-14(12(16)3)15(17)18/h4-6,12,14H,7-9H2,1-3H3,(H,17,18). The molecule has 0 aliphatic carbocycles. The Morgan fingerprint density at radius 3 is 2.78 bits per heavy atom. The van der Waals surface area contributed by atoms with Crippen LogP contribution in [0.2, 0.25) is 0 Å². The summed E-state index contributed by atoms with van der Waals surface area (Å²) in [5.41, 5.74) is 3.94. The van der Waals surface area contributed by atoms with Crippen molar-refractivity contribution >= 4 is 5.97 Å². The summed E-state index contributed by atoms with van der Waals surface area (Å²) < 4.78 is 0. The first-order valence-electron chi connectivity index (χ1n) is 6.52. The molecule has 3 nitrogen and oxygen atoms in total. The Hall–Kier alpha value is -1.35. The molecule has 1 aromatic carbocycles. The van der Waals surface area contributed by atoms with Gasteiger partial charge in [0.15, 0.2) is 0 Å². The van der Waals surface area contributed by atoms with E-state index < -0.39 is 5.97 Å². The Morgan fingerprint density at radius 1 is 1.44 bits per heavy atom. The number of nitrogens with zero attached hydrogens (tertiary/aromatic N) is 1. The Balaban J connectivity index is 2.11. The van der Waals surface area contributed by atoms with Crippen molar-refractivity contribution in [3.63, 3.8) is 0 Å². The van der Waals surface area contributed by atoms with Crippen LogP contribution in [-0.2, 0) is 11.3 Å². The van der Waals surface area contributed by atoms with Crippen LogP contribution in [0.4, 0.5) is 0 Å². The van der Waals surface area contributed by atoms with Crippen LogP contribution < -0.4 is 0 Å². The molecule has 2 atom stereocenters. The van der Waals surface area contributed by atoms with Gasteiger partial charge in [0, 0.05) is 12.6 Å². The zero-order valence-corrected chi connectivity index (χ0v) is 11.3. The molecule has 1 aromatic rings. The lowest BCUT2D eigenvalue weighted by molar-refractivity contribution is -0.142. The van der Waals surface area contributed by atoms with Gasteiger partial charge in [-0.15, -0.1) is 0 Å². The van der Waals surface area contributed by atoms with Gasteiger partial charge in [-0.2, -0.15) is 0 Å². The molecule has 1 N–H and O–H groups in total. The predicted octanol–water partition coefficient (Wildman–Crippen LogP) is 2.60. The summed E-state index contributed by atoms with van der Waals surface area (Å²) in [7, 11) is 0. The van der Waals surface area contributed by atoms with E-state index in [4.69, 9.17) is 5.11 Å². The lowest BCUT2D eigenvalue weighted by Gasteiger charge is -2.24. The topological polar surface area (TPSA) is 40.5 Å². The fourth-order valence-electron chi connectivity index (χ4n) is 2.76. The van der Waals surface area contributed by atoms with E-state index in [2.05, 4.69) is 36.9 Å². The van der Waals surface area contributed by atoms with E-state index in [1.165, 1.54) is 16.7 Å². The van der Waals surface area contributed by atoms with Crippen molar-refractivity contribution in [3.8, 4) is 0 Å². The third kappa shape index (κ3) is 2.41. The van der Waals surface area contributed by atoms with E-state index in [0.29, 0.717) is 0 Å². The van der Waals surface area contributed by atoms with E-state index in [0.717, 1.165) is 19.5 Å². The first-order valence-corrected chi connectivity index (χ1v) is 6.52. The minimum Gasteiger partial charge on any atom is -0.481 e. The third-order valence-corrected chi connectivity index (χ3v) is 4.29. The summed E-state index contributed by atoms with van der Waals surface area (Å²) in [5.74, 6) is -0.874. The van der Waals surface area contributed by atoms with E-state index in [1.807, 2.05) is 6.92 Å². The molecule has 1 aliphatic rings. The van der Waals surface area contributed by atoms with E-state index in [1.54, 1.807) is 0 Å². The number of hydrogen-bond donors (Lipinski definition) is 1. The number of carboxylic acid groups (broad SMARTS) is 1. The Kier molecular flexibility index (Phi) is 3.71. The summed E-state index contributed by atoms with van der Waals surface area (Å²) in [6, 6.07) is 6.46. The summed E-state index contributed by atoms with van der Waals surface area (Å²) >= 11 is 0. The van der Waals surface area contributed by atoms with Gasteiger partial charge in [0.2, 0.25) is 0 Å². The molecule has 1 aliphatic heterocycles. The molecule has 2 rings (SSSR count). The average Bonchev–Trinajstić information content (AvgIpc) is 2.67. The second-order valence-corrected chi connectivity index (χ2v) is 5.30. The molecular weight excluding hydrogens is 226 g/mol. The van der Waals surface area contributed by atoms with Crippen molar-refractivity contribution < 1.29 is 9.90 Å². The van der Waals surface area contributed by atoms with Gasteiger partial charge in [-0.05, 0) is 50.4 Å². The van der Waals surface area contributed by atoms with Crippen LogP contribution in [0.1, 0.15) is 30.0 Å². The van der Waals surface area contributed by atoms with Crippen molar-refractivity contribution in [1.82, 2.24) is 4.90 Å². The fourth-order valence-corrected chi connectivity index (χ4v) is 2.76. The van der Waals surface area contributed by atoms with Crippen LogP contribution in [0, 0.1) is 19.8 Å². The van der Waals surface area contributed by atoms with Gasteiger partial charge in [0.1, 0.15) is 0 Å². The fraction of sp³-hybridized carbons (Fsp3) is 0.533. The molecule has 18 heavy (non-hydrogen) atoms. The summed E-state index contributed by atoms with van der Waals surface area (Å²) in [4.78, 5) is 13.4. The minimum atomic E-state index is -0.661. The van der Waals surface area contributed by atoms with Gasteiger partial charge in [0.05, 0.1) is 5.92 Å². The van der Waals surface area contributed by atoms with Crippen LogP contribution in [0.3, 0.4) is 0 Å². The van der Waals surface area contributed by atoms with Crippen LogP contribution in [0.15, 0.2) is 18.2 Å². The normalized spacial score (nSPS) is 24.4. The van der Waals surface area contributed by atoms with Crippen molar-refractivity contribution in [1.29, 1.82) is 0 Å². The average molecular weight is 247 g/mol. The van der Waals surface area contributed by atoms with E-state index >= 15 is 0 Å². The number of carbonyl (C=O) groups is 1. The molecule has 0 bridgehead atoms. The van der Waals surface area contributed by atoms with Gasteiger partial charge in [-0.3, -0.25) is 9.69 Å². The highest BCUT2D eigenvalue weighted by atomic mass is 16.4. The molecule has 0 aromatic heterocycles. The summed E-state index contributed by atoms with van der Waals surface area (Å²) in [6.45, 7) is 8.02. The third-order valence-electron chi connectivity index (χ3n) is 4.29. The SMILES string of the molecule is Cc1cccc(CN2CCC(C(=O)O)C2C)c1C. The van der Waals surface area contributed by atoms with Crippen LogP contribution >= 0.6 is 0 Å². The number of hydrogen-bond acceptors (Lipinski definition) is 2. The molecular formula is C15H21NO2. The Morgan fingerprint density at radius 2 is 2.17 bits per heavy atom. The summed E-state index contributed by atoms with van der Waals surface area (Å²) in [5, 5.41) is 9.14. The smallest absolute Gasteiger partial charge is 0.308 e. The predicted molar refractivity (Wildman–Crippen MR) is 71.5 cm³/mol. The zero-order chi connectivity index (χ0) is 13.3.